The Kier molecular flexibility index (Phi) is 4.55. The molecule has 0 saturated carbocycles. The lowest BCUT2D eigenvalue weighted by molar-refractivity contribution is 0.916. The van der Waals surface area contributed by atoms with Gasteiger partial charge in [0.2, 0.25) is 0 Å². The van der Waals surface area contributed by atoms with Crippen molar-refractivity contribution in [2.75, 3.05) is 0 Å². The molecule has 5 rings (SSSR count). The Hall–Kier alpha value is -3.92. The third-order valence-electron chi connectivity index (χ3n) is 6.01. The first-order chi connectivity index (χ1) is 15.1. The highest BCUT2D eigenvalue weighted by Crippen LogP contribution is 2.27. The Morgan fingerprint density at radius 3 is 2.29 bits per heavy atom. The monoisotopic (exact) mass is 405 g/mol. The summed E-state index contributed by atoms with van der Waals surface area (Å²) in [5.74, 6) is 0.616. The van der Waals surface area contributed by atoms with Crippen molar-refractivity contribution in [2.45, 2.75) is 13.8 Å². The summed E-state index contributed by atoms with van der Waals surface area (Å²) < 4.78 is 3.91. The van der Waals surface area contributed by atoms with Crippen LogP contribution in [0.15, 0.2) is 77.6 Å². The fraction of sp³-hybridized carbons (Fsp3) is 0.111. The molecule has 0 aliphatic carbocycles. The van der Waals surface area contributed by atoms with Gasteiger partial charge in [0, 0.05) is 29.2 Å². The van der Waals surface area contributed by atoms with E-state index in [2.05, 4.69) is 48.9 Å². The first kappa shape index (κ1) is 19.1. The van der Waals surface area contributed by atoms with E-state index in [0.717, 1.165) is 16.8 Å². The second-order valence-electron chi connectivity index (χ2n) is 7.82. The van der Waals surface area contributed by atoms with Gasteiger partial charge in [-0.2, -0.15) is 0 Å². The van der Waals surface area contributed by atoms with Crippen LogP contribution in [0.3, 0.4) is 0 Å². The standard InChI is InChI=1S/C27H23N3O/c1-18-10-4-8-14-24(18)30-26(28-23-13-7-5-12-22(23)27(30)31)17-16-20-19(2)29(3)25-15-9-6-11-21(20)25/h4-17H,1-3H3/b17-16+. The van der Waals surface area contributed by atoms with Crippen molar-refractivity contribution < 1.29 is 0 Å². The molecule has 5 aromatic rings. The number of nitrogens with zero attached hydrogens (tertiary/aromatic N) is 3. The highest BCUT2D eigenvalue weighted by molar-refractivity contribution is 5.93. The number of hydrogen-bond donors (Lipinski definition) is 0. The van der Waals surface area contributed by atoms with Gasteiger partial charge in [-0.25, -0.2) is 4.98 Å². The van der Waals surface area contributed by atoms with E-state index < -0.39 is 0 Å². The minimum Gasteiger partial charge on any atom is -0.347 e. The summed E-state index contributed by atoms with van der Waals surface area (Å²) in [4.78, 5) is 18.3. The minimum atomic E-state index is -0.0609. The van der Waals surface area contributed by atoms with Gasteiger partial charge in [0.1, 0.15) is 5.82 Å². The van der Waals surface area contributed by atoms with Crippen LogP contribution < -0.4 is 5.56 Å². The molecule has 4 heteroatoms. The molecule has 0 saturated heterocycles. The molecular weight excluding hydrogens is 382 g/mol. The molecule has 0 atom stereocenters. The number of rotatable bonds is 3. The summed E-state index contributed by atoms with van der Waals surface area (Å²) in [6, 6.07) is 23.8. The molecule has 4 nitrogen and oxygen atoms in total. The van der Waals surface area contributed by atoms with Gasteiger partial charge in [0.25, 0.3) is 5.56 Å². The number of aromatic nitrogens is 3. The van der Waals surface area contributed by atoms with E-state index in [0.29, 0.717) is 16.7 Å². The number of hydrogen-bond acceptors (Lipinski definition) is 2. The summed E-state index contributed by atoms with van der Waals surface area (Å²) in [5.41, 5.74) is 6.00. The van der Waals surface area contributed by atoms with Crippen LogP contribution in [0.2, 0.25) is 0 Å². The molecule has 0 N–H and O–H groups in total. The fourth-order valence-corrected chi connectivity index (χ4v) is 4.23. The van der Waals surface area contributed by atoms with Crippen molar-refractivity contribution in [1.29, 1.82) is 0 Å². The maximum Gasteiger partial charge on any atom is 0.266 e. The lowest BCUT2D eigenvalue weighted by Gasteiger charge is -2.13. The highest BCUT2D eigenvalue weighted by Gasteiger charge is 2.13. The highest BCUT2D eigenvalue weighted by atomic mass is 16.1. The van der Waals surface area contributed by atoms with Crippen molar-refractivity contribution >= 4 is 34.0 Å². The molecule has 0 amide bonds. The Morgan fingerprint density at radius 1 is 0.806 bits per heavy atom. The number of aryl methyl sites for hydroxylation is 2. The second kappa shape index (κ2) is 7.40. The van der Waals surface area contributed by atoms with Crippen LogP contribution in [0, 0.1) is 13.8 Å². The molecule has 3 aromatic carbocycles. The van der Waals surface area contributed by atoms with E-state index in [1.807, 2.05) is 61.5 Å². The number of benzene rings is 3. The lowest BCUT2D eigenvalue weighted by atomic mass is 10.1. The van der Waals surface area contributed by atoms with Crippen LogP contribution in [-0.2, 0) is 7.05 Å². The average molecular weight is 406 g/mol. The Labute approximate surface area is 180 Å². The van der Waals surface area contributed by atoms with Crippen LogP contribution in [0.4, 0.5) is 0 Å². The van der Waals surface area contributed by atoms with E-state index in [1.165, 1.54) is 16.6 Å². The molecule has 0 spiro atoms. The lowest BCUT2D eigenvalue weighted by Crippen LogP contribution is -2.23. The van der Waals surface area contributed by atoms with Crippen molar-refractivity contribution in [3.63, 3.8) is 0 Å². The van der Waals surface area contributed by atoms with E-state index in [9.17, 15) is 4.79 Å². The van der Waals surface area contributed by atoms with E-state index in [-0.39, 0.29) is 5.56 Å². The van der Waals surface area contributed by atoms with Crippen LogP contribution in [0.5, 0.6) is 0 Å². The zero-order valence-corrected chi connectivity index (χ0v) is 17.8. The van der Waals surface area contributed by atoms with Gasteiger partial charge in [0.05, 0.1) is 16.6 Å². The predicted molar refractivity (Wildman–Crippen MR) is 129 cm³/mol. The van der Waals surface area contributed by atoms with Gasteiger partial charge in [-0.1, -0.05) is 48.5 Å². The smallest absolute Gasteiger partial charge is 0.266 e. The largest absolute Gasteiger partial charge is 0.347 e. The van der Waals surface area contributed by atoms with Gasteiger partial charge in [-0.3, -0.25) is 9.36 Å². The summed E-state index contributed by atoms with van der Waals surface area (Å²) in [6.07, 6.45) is 4.03. The van der Waals surface area contributed by atoms with Gasteiger partial charge >= 0.3 is 0 Å². The molecule has 31 heavy (non-hydrogen) atoms. The molecule has 2 aromatic heterocycles. The molecule has 0 fully saturated rings. The van der Waals surface area contributed by atoms with E-state index in [4.69, 9.17) is 4.98 Å². The molecule has 0 aliphatic heterocycles. The molecule has 0 bridgehead atoms. The predicted octanol–water partition coefficient (Wildman–Crippen LogP) is 5.66. The number of para-hydroxylation sites is 3. The van der Waals surface area contributed by atoms with Crippen LogP contribution in [-0.4, -0.2) is 14.1 Å². The SMILES string of the molecule is Cc1ccccc1-n1c(/C=C/c2c(C)n(C)c3ccccc23)nc2ccccc2c1=O. The molecule has 2 heterocycles. The van der Waals surface area contributed by atoms with E-state index >= 15 is 0 Å². The summed E-state index contributed by atoms with van der Waals surface area (Å²) in [6.45, 7) is 4.13. The summed E-state index contributed by atoms with van der Waals surface area (Å²) in [7, 11) is 2.08. The average Bonchev–Trinajstić information content (AvgIpc) is 3.03. The minimum absolute atomic E-state index is 0.0609. The Bertz CT molecular complexity index is 1540. The van der Waals surface area contributed by atoms with E-state index in [1.54, 1.807) is 4.57 Å². The quantitative estimate of drug-likeness (QED) is 0.388. The molecule has 0 radical (unpaired) electrons. The fourth-order valence-electron chi connectivity index (χ4n) is 4.23. The molecule has 0 aliphatic rings. The van der Waals surface area contributed by atoms with Gasteiger partial charge in [-0.05, 0) is 55.8 Å². The normalized spacial score (nSPS) is 11.7. The first-order valence-electron chi connectivity index (χ1n) is 10.4. The maximum absolute atomic E-state index is 13.5. The molecule has 152 valence electrons. The van der Waals surface area contributed by atoms with Gasteiger partial charge in [-0.15, -0.1) is 0 Å². The zero-order chi connectivity index (χ0) is 21.5. The van der Waals surface area contributed by atoms with Crippen molar-refractivity contribution in [3.05, 3.63) is 106 Å². The Morgan fingerprint density at radius 2 is 1.48 bits per heavy atom. The molecule has 0 unspecified atom stereocenters. The second-order valence-corrected chi connectivity index (χ2v) is 7.82. The van der Waals surface area contributed by atoms with Gasteiger partial charge in [0.15, 0.2) is 0 Å². The van der Waals surface area contributed by atoms with Crippen LogP contribution in [0.1, 0.15) is 22.6 Å². The Balaban J connectivity index is 1.78. The van der Waals surface area contributed by atoms with Gasteiger partial charge < -0.3 is 4.57 Å². The first-order valence-corrected chi connectivity index (χ1v) is 10.4. The van der Waals surface area contributed by atoms with Crippen LogP contribution in [0.25, 0.3) is 39.6 Å². The van der Waals surface area contributed by atoms with Crippen molar-refractivity contribution in [3.8, 4) is 5.69 Å². The van der Waals surface area contributed by atoms with Crippen molar-refractivity contribution in [1.82, 2.24) is 14.1 Å². The molecular formula is C27H23N3O. The maximum atomic E-state index is 13.5. The third-order valence-corrected chi connectivity index (χ3v) is 6.01. The summed E-state index contributed by atoms with van der Waals surface area (Å²) >= 11 is 0. The van der Waals surface area contributed by atoms with Crippen LogP contribution >= 0.6 is 0 Å². The topological polar surface area (TPSA) is 39.8 Å². The van der Waals surface area contributed by atoms with Crippen molar-refractivity contribution in [2.24, 2.45) is 7.05 Å². The summed E-state index contributed by atoms with van der Waals surface area (Å²) in [5, 5.41) is 1.80. The zero-order valence-electron chi connectivity index (χ0n) is 17.8. The number of fused-ring (bicyclic) bond motifs is 2. The third kappa shape index (κ3) is 3.08.